The molecule has 0 radical (unpaired) electrons. The smallest absolute Gasteiger partial charge is 0.222 e. The third-order valence-corrected chi connectivity index (χ3v) is 3.42. The molecule has 1 fully saturated rings. The van der Waals surface area contributed by atoms with Crippen LogP contribution in [0, 0.1) is 0 Å². The molecule has 0 bridgehead atoms. The Hall–Kier alpha value is -0.610. The first-order chi connectivity index (χ1) is 7.65. The van der Waals surface area contributed by atoms with Crippen molar-refractivity contribution in [3.63, 3.8) is 0 Å². The van der Waals surface area contributed by atoms with E-state index in [4.69, 9.17) is 10.5 Å². The standard InChI is InChI=1S/C12H24N2O2/c1-14(12(15)4-3-9-16-2)11-7-5-10(13)6-8-11/h10-11H,3-9,13H2,1-2H3. The summed E-state index contributed by atoms with van der Waals surface area (Å²) < 4.78 is 4.94. The van der Waals surface area contributed by atoms with E-state index in [1.807, 2.05) is 11.9 Å². The van der Waals surface area contributed by atoms with E-state index in [0.717, 1.165) is 32.1 Å². The maximum absolute atomic E-state index is 11.8. The number of nitrogens with two attached hydrogens (primary N) is 1. The second kappa shape index (κ2) is 6.86. The van der Waals surface area contributed by atoms with Crippen LogP contribution in [0.15, 0.2) is 0 Å². The zero-order valence-corrected chi connectivity index (χ0v) is 10.4. The molecule has 0 atom stereocenters. The van der Waals surface area contributed by atoms with Crippen molar-refractivity contribution in [2.24, 2.45) is 5.73 Å². The molecule has 2 N–H and O–H groups in total. The van der Waals surface area contributed by atoms with Crippen molar-refractivity contribution in [2.75, 3.05) is 20.8 Å². The molecule has 4 nitrogen and oxygen atoms in total. The Balaban J connectivity index is 2.27. The van der Waals surface area contributed by atoms with Crippen molar-refractivity contribution in [1.82, 2.24) is 4.90 Å². The summed E-state index contributed by atoms with van der Waals surface area (Å²) in [6, 6.07) is 0.739. The Kier molecular flexibility index (Phi) is 5.77. The molecule has 1 aliphatic carbocycles. The maximum Gasteiger partial charge on any atom is 0.222 e. The molecule has 0 saturated heterocycles. The lowest BCUT2D eigenvalue weighted by Crippen LogP contribution is -2.41. The Bertz CT molecular complexity index is 213. The van der Waals surface area contributed by atoms with Crippen LogP contribution in [0.5, 0.6) is 0 Å². The van der Waals surface area contributed by atoms with Gasteiger partial charge >= 0.3 is 0 Å². The molecule has 0 spiro atoms. The van der Waals surface area contributed by atoms with Gasteiger partial charge in [-0.15, -0.1) is 0 Å². The van der Waals surface area contributed by atoms with E-state index in [9.17, 15) is 4.79 Å². The van der Waals surface area contributed by atoms with Crippen molar-refractivity contribution in [1.29, 1.82) is 0 Å². The second-order valence-corrected chi connectivity index (χ2v) is 4.67. The van der Waals surface area contributed by atoms with Gasteiger partial charge in [-0.05, 0) is 32.1 Å². The van der Waals surface area contributed by atoms with E-state index >= 15 is 0 Å². The normalized spacial score (nSPS) is 25.4. The molecule has 4 heteroatoms. The van der Waals surface area contributed by atoms with Gasteiger partial charge in [0.2, 0.25) is 5.91 Å². The average molecular weight is 228 g/mol. The SMILES string of the molecule is COCCCC(=O)N(C)C1CCC(N)CC1. The lowest BCUT2D eigenvalue weighted by atomic mass is 9.91. The molecular weight excluding hydrogens is 204 g/mol. The fourth-order valence-corrected chi connectivity index (χ4v) is 2.24. The predicted molar refractivity (Wildman–Crippen MR) is 64.1 cm³/mol. The van der Waals surface area contributed by atoms with Crippen LogP contribution in [-0.2, 0) is 9.53 Å². The molecule has 94 valence electrons. The fourth-order valence-electron chi connectivity index (χ4n) is 2.24. The van der Waals surface area contributed by atoms with Gasteiger partial charge in [-0.25, -0.2) is 0 Å². The molecule has 16 heavy (non-hydrogen) atoms. The summed E-state index contributed by atoms with van der Waals surface area (Å²) in [5.74, 6) is 0.234. The Labute approximate surface area is 98.1 Å². The van der Waals surface area contributed by atoms with Gasteiger partial charge in [-0.2, -0.15) is 0 Å². The van der Waals surface area contributed by atoms with E-state index in [0.29, 0.717) is 25.1 Å². The van der Waals surface area contributed by atoms with E-state index in [2.05, 4.69) is 0 Å². The van der Waals surface area contributed by atoms with Crippen molar-refractivity contribution in [3.05, 3.63) is 0 Å². The first kappa shape index (κ1) is 13.5. The number of methoxy groups -OCH3 is 1. The van der Waals surface area contributed by atoms with Gasteiger partial charge in [0.1, 0.15) is 0 Å². The molecule has 1 rings (SSSR count). The molecule has 0 heterocycles. The number of hydrogen-bond donors (Lipinski definition) is 1. The van der Waals surface area contributed by atoms with Crippen molar-refractivity contribution >= 4 is 5.91 Å². The highest BCUT2D eigenvalue weighted by molar-refractivity contribution is 5.76. The van der Waals surface area contributed by atoms with Crippen LogP contribution in [0.2, 0.25) is 0 Å². The summed E-state index contributed by atoms with van der Waals surface area (Å²) in [7, 11) is 3.58. The zero-order chi connectivity index (χ0) is 12.0. The Morgan fingerprint density at radius 1 is 1.38 bits per heavy atom. The number of carbonyl (C=O) groups excluding carboxylic acids is 1. The first-order valence-corrected chi connectivity index (χ1v) is 6.15. The van der Waals surface area contributed by atoms with Gasteiger partial charge in [0.05, 0.1) is 0 Å². The predicted octanol–water partition coefficient (Wildman–Crippen LogP) is 1.14. The minimum Gasteiger partial charge on any atom is -0.385 e. The highest BCUT2D eigenvalue weighted by Gasteiger charge is 2.24. The van der Waals surface area contributed by atoms with Gasteiger partial charge in [-0.1, -0.05) is 0 Å². The number of amides is 1. The third kappa shape index (κ3) is 4.10. The number of ether oxygens (including phenoxy) is 1. The van der Waals surface area contributed by atoms with E-state index in [1.54, 1.807) is 7.11 Å². The number of nitrogens with zero attached hydrogens (tertiary/aromatic N) is 1. The molecule has 1 amide bonds. The van der Waals surface area contributed by atoms with E-state index < -0.39 is 0 Å². The summed E-state index contributed by atoms with van der Waals surface area (Å²) >= 11 is 0. The van der Waals surface area contributed by atoms with Gasteiger partial charge in [0.25, 0.3) is 0 Å². The van der Waals surface area contributed by atoms with Gasteiger partial charge in [0, 0.05) is 39.3 Å². The lowest BCUT2D eigenvalue weighted by molar-refractivity contribution is -0.132. The summed E-state index contributed by atoms with van der Waals surface area (Å²) in [4.78, 5) is 13.7. The van der Waals surface area contributed by atoms with Crippen molar-refractivity contribution in [2.45, 2.75) is 50.6 Å². The molecule has 0 aromatic carbocycles. The fraction of sp³-hybridized carbons (Fsp3) is 0.917. The number of hydrogen-bond acceptors (Lipinski definition) is 3. The monoisotopic (exact) mass is 228 g/mol. The quantitative estimate of drug-likeness (QED) is 0.718. The lowest BCUT2D eigenvalue weighted by Gasteiger charge is -2.33. The van der Waals surface area contributed by atoms with Crippen LogP contribution in [-0.4, -0.2) is 43.7 Å². The summed E-state index contributed by atoms with van der Waals surface area (Å²) in [6.45, 7) is 0.662. The highest BCUT2D eigenvalue weighted by atomic mass is 16.5. The number of carbonyl (C=O) groups is 1. The van der Waals surface area contributed by atoms with Crippen LogP contribution in [0.25, 0.3) is 0 Å². The van der Waals surface area contributed by atoms with Crippen LogP contribution >= 0.6 is 0 Å². The van der Waals surface area contributed by atoms with Gasteiger partial charge in [0.15, 0.2) is 0 Å². The Morgan fingerprint density at radius 3 is 2.56 bits per heavy atom. The van der Waals surface area contributed by atoms with Gasteiger partial charge < -0.3 is 15.4 Å². The van der Waals surface area contributed by atoms with Crippen LogP contribution in [0.4, 0.5) is 0 Å². The van der Waals surface area contributed by atoms with Gasteiger partial charge in [-0.3, -0.25) is 4.79 Å². The molecule has 1 saturated carbocycles. The highest BCUT2D eigenvalue weighted by Crippen LogP contribution is 2.21. The summed E-state index contributed by atoms with van der Waals surface area (Å²) in [5.41, 5.74) is 5.85. The van der Waals surface area contributed by atoms with Crippen molar-refractivity contribution in [3.8, 4) is 0 Å². The first-order valence-electron chi connectivity index (χ1n) is 6.15. The number of rotatable bonds is 5. The molecule has 0 unspecified atom stereocenters. The minimum absolute atomic E-state index is 0.234. The van der Waals surface area contributed by atoms with Crippen molar-refractivity contribution < 1.29 is 9.53 Å². The average Bonchev–Trinajstić information content (AvgIpc) is 2.29. The van der Waals surface area contributed by atoms with E-state index in [1.165, 1.54) is 0 Å². The molecule has 1 aliphatic rings. The summed E-state index contributed by atoms with van der Waals surface area (Å²) in [5, 5.41) is 0. The molecule has 0 aromatic heterocycles. The Morgan fingerprint density at radius 2 is 2.00 bits per heavy atom. The minimum atomic E-state index is 0.234. The largest absolute Gasteiger partial charge is 0.385 e. The van der Waals surface area contributed by atoms with Crippen LogP contribution < -0.4 is 5.73 Å². The van der Waals surface area contributed by atoms with E-state index in [-0.39, 0.29) is 5.91 Å². The summed E-state index contributed by atoms with van der Waals surface area (Å²) in [6.07, 6.45) is 5.58. The molecular formula is C12H24N2O2. The molecule has 0 aromatic rings. The topological polar surface area (TPSA) is 55.6 Å². The third-order valence-electron chi connectivity index (χ3n) is 3.42. The maximum atomic E-state index is 11.8. The zero-order valence-electron chi connectivity index (χ0n) is 10.4. The van der Waals surface area contributed by atoms with Crippen LogP contribution in [0.1, 0.15) is 38.5 Å². The molecule has 0 aliphatic heterocycles. The van der Waals surface area contributed by atoms with Crippen LogP contribution in [0.3, 0.4) is 0 Å². The second-order valence-electron chi connectivity index (χ2n) is 4.67.